The molecule has 0 fully saturated rings. The lowest BCUT2D eigenvalue weighted by Crippen LogP contribution is -1.88. The summed E-state index contributed by atoms with van der Waals surface area (Å²) in [5.41, 5.74) is 1.05. The van der Waals surface area contributed by atoms with Crippen LogP contribution in [0.3, 0.4) is 0 Å². The zero-order valence-corrected chi connectivity index (χ0v) is 5.76. The highest BCUT2D eigenvalue weighted by atomic mass is 14.7. The fourth-order valence-corrected chi connectivity index (χ4v) is 0.673. The summed E-state index contributed by atoms with van der Waals surface area (Å²) in [6, 6.07) is 4.14. The summed E-state index contributed by atoms with van der Waals surface area (Å²) in [4.78, 5) is 4.09. The third-order valence-corrected chi connectivity index (χ3v) is 1.23. The summed E-state index contributed by atoms with van der Waals surface area (Å²) in [5, 5.41) is 0. The van der Waals surface area contributed by atoms with Gasteiger partial charge in [0.2, 0.25) is 0 Å². The van der Waals surface area contributed by atoms with Crippen LogP contribution in [0.1, 0.15) is 26.8 Å². The van der Waals surface area contributed by atoms with Gasteiger partial charge < -0.3 is 0 Å². The average molecular weight is 122 g/mol. The number of rotatable bonds is 1. The summed E-state index contributed by atoms with van der Waals surface area (Å²) in [6.07, 6.45) is 1.58. The van der Waals surface area contributed by atoms with Crippen molar-refractivity contribution in [3.8, 4) is 0 Å². The number of aromatic nitrogens is 1. The molecule has 0 aliphatic carbocycles. The molecule has 0 saturated heterocycles. The van der Waals surface area contributed by atoms with E-state index in [4.69, 9.17) is 1.37 Å². The van der Waals surface area contributed by atoms with Crippen molar-refractivity contribution in [2.45, 2.75) is 19.8 Å². The minimum atomic E-state index is 0.459. The van der Waals surface area contributed by atoms with E-state index in [2.05, 4.69) is 18.8 Å². The Kier molecular flexibility index (Phi) is 1.45. The average Bonchev–Trinajstić information content (AvgIpc) is 1.88. The van der Waals surface area contributed by atoms with Crippen molar-refractivity contribution in [3.63, 3.8) is 0 Å². The predicted molar refractivity (Wildman–Crippen MR) is 38.3 cm³/mol. The third-order valence-electron chi connectivity index (χ3n) is 1.23. The molecule has 1 aromatic rings. The van der Waals surface area contributed by atoms with Crippen molar-refractivity contribution in [1.82, 2.24) is 4.98 Å². The van der Waals surface area contributed by atoms with Crippen molar-refractivity contribution in [2.24, 2.45) is 0 Å². The van der Waals surface area contributed by atoms with Crippen molar-refractivity contribution in [3.05, 3.63) is 30.1 Å². The van der Waals surface area contributed by atoms with Crippen molar-refractivity contribution in [2.75, 3.05) is 0 Å². The van der Waals surface area contributed by atoms with E-state index in [0.29, 0.717) is 12.0 Å². The zero-order valence-electron chi connectivity index (χ0n) is 6.76. The Morgan fingerprint density at radius 3 is 2.89 bits per heavy atom. The molecule has 1 heterocycles. The molecular formula is C8H11N. The second kappa shape index (κ2) is 2.62. The Morgan fingerprint density at radius 2 is 2.44 bits per heavy atom. The fourth-order valence-electron chi connectivity index (χ4n) is 0.673. The second-order valence-electron chi connectivity index (χ2n) is 2.34. The van der Waals surface area contributed by atoms with Gasteiger partial charge >= 0.3 is 0 Å². The van der Waals surface area contributed by atoms with E-state index >= 15 is 0 Å². The largest absolute Gasteiger partial charge is 0.261 e. The summed E-state index contributed by atoms with van der Waals surface area (Å²) in [6.45, 7) is 4.18. The van der Waals surface area contributed by atoms with E-state index in [1.54, 1.807) is 12.3 Å². The van der Waals surface area contributed by atoms with Gasteiger partial charge in [-0.1, -0.05) is 19.9 Å². The molecule has 1 aromatic heterocycles. The van der Waals surface area contributed by atoms with Crippen LogP contribution in [0.15, 0.2) is 24.4 Å². The van der Waals surface area contributed by atoms with Crippen LogP contribution in [-0.2, 0) is 0 Å². The van der Waals surface area contributed by atoms with Crippen molar-refractivity contribution in [1.29, 1.82) is 0 Å². The van der Waals surface area contributed by atoms with Crippen LogP contribution in [0, 0.1) is 0 Å². The third kappa shape index (κ3) is 1.53. The lowest BCUT2D eigenvalue weighted by Gasteiger charge is -2.00. The first-order chi connectivity index (χ1) is 4.70. The molecule has 0 aliphatic heterocycles. The molecule has 0 unspecified atom stereocenters. The van der Waals surface area contributed by atoms with Gasteiger partial charge in [0.1, 0.15) is 0 Å². The van der Waals surface area contributed by atoms with Crippen LogP contribution in [0.4, 0.5) is 0 Å². The van der Waals surface area contributed by atoms with E-state index in [9.17, 15) is 0 Å². The molecule has 0 aromatic carbocycles. The van der Waals surface area contributed by atoms with Gasteiger partial charge in [-0.25, -0.2) is 0 Å². The maximum absolute atomic E-state index is 7.17. The Hall–Kier alpha value is -0.850. The first-order valence-corrected chi connectivity index (χ1v) is 3.12. The summed E-state index contributed by atoms with van der Waals surface area (Å²) < 4.78 is 7.17. The van der Waals surface area contributed by atoms with E-state index in [0.717, 1.165) is 5.69 Å². The zero-order chi connectivity index (χ0) is 7.56. The Morgan fingerprint density at radius 1 is 1.67 bits per heavy atom. The van der Waals surface area contributed by atoms with Gasteiger partial charge in [-0.2, -0.15) is 0 Å². The molecule has 0 saturated carbocycles. The molecule has 0 atom stereocenters. The van der Waals surface area contributed by atoms with Gasteiger partial charge in [0.25, 0.3) is 0 Å². The maximum atomic E-state index is 7.17. The monoisotopic (exact) mass is 122 g/mol. The van der Waals surface area contributed by atoms with Crippen LogP contribution in [0.25, 0.3) is 0 Å². The molecule has 1 nitrogen and oxygen atoms in total. The Balaban J connectivity index is 2.89. The van der Waals surface area contributed by atoms with Gasteiger partial charge in [0, 0.05) is 11.9 Å². The number of hydrogen-bond acceptors (Lipinski definition) is 1. The summed E-state index contributed by atoms with van der Waals surface area (Å²) in [5.74, 6) is 0.459. The van der Waals surface area contributed by atoms with Gasteiger partial charge in [-0.3, -0.25) is 4.98 Å². The molecule has 1 heteroatoms. The van der Waals surface area contributed by atoms with Crippen LogP contribution < -0.4 is 0 Å². The van der Waals surface area contributed by atoms with Crippen molar-refractivity contribution < 1.29 is 1.37 Å². The lowest BCUT2D eigenvalue weighted by molar-refractivity contribution is 0.823. The number of hydrogen-bond donors (Lipinski definition) is 0. The molecule has 0 amide bonds. The smallest absolute Gasteiger partial charge is 0.0639 e. The minimum Gasteiger partial charge on any atom is -0.261 e. The fraction of sp³-hybridized carbons (Fsp3) is 0.375. The number of nitrogens with zero attached hydrogens (tertiary/aromatic N) is 1. The van der Waals surface area contributed by atoms with Crippen LogP contribution in [0.2, 0.25) is 0 Å². The molecular weight excluding hydrogens is 110 g/mol. The molecule has 0 aliphatic rings. The molecule has 48 valence electrons. The molecule has 0 radical (unpaired) electrons. The SMILES string of the molecule is [2H]c1ccc(C(C)C)nc1. The van der Waals surface area contributed by atoms with E-state index in [1.165, 1.54) is 0 Å². The molecule has 0 spiro atoms. The minimum absolute atomic E-state index is 0.459. The van der Waals surface area contributed by atoms with Gasteiger partial charge in [-0.05, 0) is 18.0 Å². The topological polar surface area (TPSA) is 12.9 Å². The van der Waals surface area contributed by atoms with E-state index in [1.807, 2.05) is 6.07 Å². The van der Waals surface area contributed by atoms with E-state index in [-0.39, 0.29) is 0 Å². The van der Waals surface area contributed by atoms with Crippen molar-refractivity contribution >= 4 is 0 Å². The van der Waals surface area contributed by atoms with Gasteiger partial charge in [0.05, 0.1) is 1.37 Å². The highest BCUT2D eigenvalue weighted by Gasteiger charge is 1.95. The summed E-state index contributed by atoms with van der Waals surface area (Å²) >= 11 is 0. The van der Waals surface area contributed by atoms with E-state index < -0.39 is 0 Å². The van der Waals surface area contributed by atoms with Gasteiger partial charge in [-0.15, -0.1) is 0 Å². The second-order valence-corrected chi connectivity index (χ2v) is 2.34. The molecule has 9 heavy (non-hydrogen) atoms. The maximum Gasteiger partial charge on any atom is 0.0639 e. The molecule has 1 rings (SSSR count). The highest BCUT2D eigenvalue weighted by molar-refractivity contribution is 5.06. The van der Waals surface area contributed by atoms with Crippen LogP contribution in [0.5, 0.6) is 0 Å². The molecule has 0 N–H and O–H groups in total. The predicted octanol–water partition coefficient (Wildman–Crippen LogP) is 2.21. The first-order valence-electron chi connectivity index (χ1n) is 3.62. The Labute approximate surface area is 57.2 Å². The van der Waals surface area contributed by atoms with Crippen LogP contribution in [-0.4, -0.2) is 4.98 Å². The highest BCUT2D eigenvalue weighted by Crippen LogP contribution is 2.08. The lowest BCUT2D eigenvalue weighted by atomic mass is 10.1. The first kappa shape index (κ1) is 4.98. The molecule has 0 bridgehead atoms. The standard InChI is InChI=1S/C8H11N/c1-7(2)8-5-3-4-6-9-8/h3-7H,1-2H3/i4D. The van der Waals surface area contributed by atoms with Crippen LogP contribution >= 0.6 is 0 Å². The Bertz CT molecular complexity index is 203. The summed E-state index contributed by atoms with van der Waals surface area (Å²) in [7, 11) is 0. The number of pyridine rings is 1. The van der Waals surface area contributed by atoms with Gasteiger partial charge in [0.15, 0.2) is 0 Å². The quantitative estimate of drug-likeness (QED) is 0.556. The normalized spacial score (nSPS) is 11.7.